The van der Waals surface area contributed by atoms with Gasteiger partial charge in [-0.25, -0.2) is 4.57 Å². The van der Waals surface area contributed by atoms with E-state index in [1.165, 1.54) is 116 Å². The number of nitrogens with zero attached hydrogens (tertiary/aromatic N) is 1. The van der Waals surface area contributed by atoms with Crippen molar-refractivity contribution >= 4 is 19.7 Å². The maximum atomic E-state index is 13.5. The number of nitrogens with one attached hydrogen (secondary N) is 1. The van der Waals surface area contributed by atoms with Crippen LogP contribution in [-0.2, 0) is 27.9 Å². The molecule has 0 saturated carbocycles. The van der Waals surface area contributed by atoms with Gasteiger partial charge in [-0.05, 0) is 96.0 Å². The molecule has 72 heavy (non-hydrogen) atoms. The van der Waals surface area contributed by atoms with Gasteiger partial charge in [0.2, 0.25) is 5.91 Å². The van der Waals surface area contributed by atoms with Gasteiger partial charge in [0, 0.05) is 12.8 Å². The minimum atomic E-state index is -4.46. The molecule has 0 heterocycles. The van der Waals surface area contributed by atoms with Crippen LogP contribution in [0.15, 0.2) is 85.1 Å². The first-order chi connectivity index (χ1) is 34.9. The van der Waals surface area contributed by atoms with E-state index in [2.05, 4.69) is 99.0 Å². The number of ether oxygens (including phenoxy) is 1. The Morgan fingerprint density at radius 1 is 0.500 bits per heavy atom. The van der Waals surface area contributed by atoms with Gasteiger partial charge in [0.1, 0.15) is 19.3 Å². The fourth-order valence-corrected chi connectivity index (χ4v) is 8.76. The van der Waals surface area contributed by atoms with Gasteiger partial charge < -0.3 is 19.4 Å². The number of allylic oxidation sites excluding steroid dienone is 13. The molecule has 0 spiro atoms. The topological polar surface area (TPSA) is 111 Å². The maximum Gasteiger partial charge on any atom is 0.472 e. The zero-order chi connectivity index (χ0) is 52.9. The summed E-state index contributed by atoms with van der Waals surface area (Å²) in [5.74, 6) is -0.580. The first-order valence-corrected chi connectivity index (χ1v) is 30.9. The Kier molecular flexibility index (Phi) is 49.6. The number of likely N-dealkylation sites (N-methyl/N-ethyl adjacent to an activating group) is 1. The molecule has 0 saturated heterocycles. The van der Waals surface area contributed by atoms with Gasteiger partial charge in [0.25, 0.3) is 0 Å². The molecular formula is C62H112N2O7P+. The Balaban J connectivity index is 5.42. The predicted molar refractivity (Wildman–Crippen MR) is 309 cm³/mol. The zero-order valence-corrected chi connectivity index (χ0v) is 48.3. The van der Waals surface area contributed by atoms with Crippen molar-refractivity contribution in [1.82, 2.24) is 5.32 Å². The van der Waals surface area contributed by atoms with Crippen LogP contribution in [-0.4, -0.2) is 74.3 Å². The highest BCUT2D eigenvalue weighted by molar-refractivity contribution is 7.47. The minimum absolute atomic E-state index is 0.0275. The van der Waals surface area contributed by atoms with E-state index >= 15 is 0 Å². The Bertz CT molecular complexity index is 1510. The van der Waals surface area contributed by atoms with Crippen LogP contribution >= 0.6 is 7.82 Å². The summed E-state index contributed by atoms with van der Waals surface area (Å²) in [6.45, 7) is 6.85. The van der Waals surface area contributed by atoms with Crippen LogP contribution < -0.4 is 5.32 Å². The summed E-state index contributed by atoms with van der Waals surface area (Å²) in [6, 6.07) is -0.876. The van der Waals surface area contributed by atoms with Crippen LogP contribution in [0, 0.1) is 0 Å². The number of hydrogen-bond donors (Lipinski definition) is 2. The summed E-state index contributed by atoms with van der Waals surface area (Å²) in [5.41, 5.74) is 0. The minimum Gasteiger partial charge on any atom is -0.456 e. The number of carbonyl (C=O) groups is 2. The van der Waals surface area contributed by atoms with Crippen molar-refractivity contribution in [2.45, 2.75) is 258 Å². The largest absolute Gasteiger partial charge is 0.472 e. The molecule has 416 valence electrons. The van der Waals surface area contributed by atoms with Crippen LogP contribution in [0.1, 0.15) is 245 Å². The quantitative estimate of drug-likeness (QED) is 0.0205. The van der Waals surface area contributed by atoms with E-state index in [1.54, 1.807) is 0 Å². The lowest BCUT2D eigenvalue weighted by atomic mass is 10.0. The SMILES string of the molecule is CC/C=C\C/C=C\C/C=C\C/C=C\C/C=C\CCCC(=O)OC(/C=C/CCCCCCCCCCCC)C(COP(=O)(O)OCC[N+](C)(C)C)NC(=O)CCCCCCCCC/C=C/CCCCCCCC. The monoisotopic (exact) mass is 1030 g/mol. The molecule has 0 aromatic heterocycles. The van der Waals surface area contributed by atoms with E-state index in [0.29, 0.717) is 23.9 Å². The Labute approximate surface area is 444 Å². The molecule has 0 fully saturated rings. The number of quaternary nitrogens is 1. The fourth-order valence-electron chi connectivity index (χ4n) is 8.03. The van der Waals surface area contributed by atoms with Crippen molar-refractivity contribution < 1.29 is 37.3 Å². The van der Waals surface area contributed by atoms with E-state index < -0.39 is 20.0 Å². The zero-order valence-electron chi connectivity index (χ0n) is 47.4. The highest BCUT2D eigenvalue weighted by atomic mass is 31.2. The van der Waals surface area contributed by atoms with Crippen LogP contribution in [0.3, 0.4) is 0 Å². The molecule has 9 nitrogen and oxygen atoms in total. The average molecular weight is 1030 g/mol. The second kappa shape index (κ2) is 51.7. The van der Waals surface area contributed by atoms with Crippen LogP contribution in [0.2, 0.25) is 0 Å². The molecular weight excluding hydrogens is 916 g/mol. The van der Waals surface area contributed by atoms with E-state index in [9.17, 15) is 19.0 Å². The summed E-state index contributed by atoms with van der Waals surface area (Å²) in [4.78, 5) is 37.6. The van der Waals surface area contributed by atoms with Crippen molar-refractivity contribution in [3.63, 3.8) is 0 Å². The summed E-state index contributed by atoms with van der Waals surface area (Å²) in [5, 5.41) is 3.03. The second-order valence-electron chi connectivity index (χ2n) is 20.8. The molecule has 2 N–H and O–H groups in total. The first-order valence-electron chi connectivity index (χ1n) is 29.4. The molecule has 0 rings (SSSR count). The van der Waals surface area contributed by atoms with Gasteiger partial charge >= 0.3 is 13.8 Å². The summed E-state index contributed by atoms with van der Waals surface area (Å²) in [7, 11) is 1.46. The Morgan fingerprint density at radius 2 is 0.903 bits per heavy atom. The molecule has 3 unspecified atom stereocenters. The van der Waals surface area contributed by atoms with Crippen molar-refractivity contribution in [2.75, 3.05) is 40.9 Å². The summed E-state index contributed by atoms with van der Waals surface area (Å²) in [6.07, 6.45) is 67.3. The molecule has 0 aliphatic rings. The standard InChI is InChI=1S/C62H111N2O7P/c1-7-10-13-16-19-22-25-28-30-32-34-36-39-42-45-48-51-54-61(65)63-59(58-70-72(67,68)69-57-56-64(4,5)6)60(53-50-47-44-41-38-27-24-21-18-15-12-9-3)71-62(66)55-52-49-46-43-40-37-35-33-31-29-26-23-20-17-14-11-8-2/h11,14,20,23,28-31,35,37,43,46,50,53,59-60H,7-10,12-13,15-19,21-22,24-27,32-34,36,38-42,44-45,47-49,51-52,54-58H2,1-6H3,(H-,63,65,67,68)/p+1/b14-11-,23-20-,30-28+,31-29-,37-35-,46-43-,53-50+. The molecule has 0 bridgehead atoms. The molecule has 0 aromatic carbocycles. The van der Waals surface area contributed by atoms with E-state index in [4.69, 9.17) is 13.8 Å². The number of phosphoric acid groups is 1. The van der Waals surface area contributed by atoms with E-state index in [0.717, 1.165) is 89.9 Å². The van der Waals surface area contributed by atoms with E-state index in [-0.39, 0.29) is 31.5 Å². The Morgan fingerprint density at radius 3 is 1.38 bits per heavy atom. The number of rotatable bonds is 52. The normalized spacial score (nSPS) is 14.4. The van der Waals surface area contributed by atoms with Gasteiger partial charge in [-0.15, -0.1) is 0 Å². The third kappa shape index (κ3) is 52.1. The van der Waals surface area contributed by atoms with Gasteiger partial charge in [0.15, 0.2) is 0 Å². The second-order valence-corrected chi connectivity index (χ2v) is 22.2. The van der Waals surface area contributed by atoms with Crippen molar-refractivity contribution in [3.05, 3.63) is 85.1 Å². The third-order valence-corrected chi connectivity index (χ3v) is 13.6. The van der Waals surface area contributed by atoms with Gasteiger partial charge in [-0.1, -0.05) is 222 Å². The number of carbonyl (C=O) groups excluding carboxylic acids is 2. The van der Waals surface area contributed by atoms with E-state index in [1.807, 2.05) is 33.3 Å². The third-order valence-electron chi connectivity index (χ3n) is 12.6. The van der Waals surface area contributed by atoms with Crippen molar-refractivity contribution in [1.29, 1.82) is 0 Å². The molecule has 0 aliphatic heterocycles. The highest BCUT2D eigenvalue weighted by Gasteiger charge is 2.30. The summed E-state index contributed by atoms with van der Waals surface area (Å²) < 4.78 is 30.6. The molecule has 3 atom stereocenters. The molecule has 1 amide bonds. The number of esters is 1. The van der Waals surface area contributed by atoms with Gasteiger partial charge in [-0.3, -0.25) is 18.6 Å². The molecule has 10 heteroatoms. The lowest BCUT2D eigenvalue weighted by Crippen LogP contribution is -2.47. The smallest absolute Gasteiger partial charge is 0.456 e. The molecule has 0 radical (unpaired) electrons. The lowest BCUT2D eigenvalue weighted by molar-refractivity contribution is -0.870. The maximum absolute atomic E-state index is 13.5. The molecule has 0 aromatic rings. The number of hydrogen-bond acceptors (Lipinski definition) is 6. The first kappa shape index (κ1) is 69.2. The lowest BCUT2D eigenvalue weighted by Gasteiger charge is -2.27. The number of unbranched alkanes of at least 4 members (excludes halogenated alkanes) is 24. The highest BCUT2D eigenvalue weighted by Crippen LogP contribution is 2.43. The average Bonchev–Trinajstić information content (AvgIpc) is 3.34. The van der Waals surface area contributed by atoms with Crippen LogP contribution in [0.4, 0.5) is 0 Å². The van der Waals surface area contributed by atoms with Crippen LogP contribution in [0.5, 0.6) is 0 Å². The van der Waals surface area contributed by atoms with Gasteiger partial charge in [-0.2, -0.15) is 0 Å². The Hall–Kier alpha value is -2.81. The number of phosphoric ester groups is 1. The predicted octanol–water partition coefficient (Wildman–Crippen LogP) is 17.8. The van der Waals surface area contributed by atoms with Gasteiger partial charge in [0.05, 0.1) is 33.8 Å². The van der Waals surface area contributed by atoms with Crippen molar-refractivity contribution in [3.8, 4) is 0 Å². The molecule has 0 aliphatic carbocycles. The summed E-state index contributed by atoms with van der Waals surface area (Å²) >= 11 is 0. The fraction of sp³-hybridized carbons (Fsp3) is 0.742. The van der Waals surface area contributed by atoms with Crippen LogP contribution in [0.25, 0.3) is 0 Å². The number of amides is 1. The van der Waals surface area contributed by atoms with Crippen molar-refractivity contribution in [2.24, 2.45) is 0 Å².